The van der Waals surface area contributed by atoms with E-state index in [1.165, 1.54) is 5.56 Å². The molecule has 0 radical (unpaired) electrons. The number of hydrogen-bond donors (Lipinski definition) is 1. The van der Waals surface area contributed by atoms with Gasteiger partial charge in [0.15, 0.2) is 0 Å². The van der Waals surface area contributed by atoms with Crippen LogP contribution in [0.4, 0.5) is 0 Å². The molecule has 1 heterocycles. The Labute approximate surface area is 134 Å². The molecule has 1 unspecified atom stereocenters. The molecule has 0 aliphatic heterocycles. The minimum absolute atomic E-state index is 0.221. The molecule has 1 aromatic carbocycles. The predicted octanol–water partition coefficient (Wildman–Crippen LogP) is 3.39. The second-order valence-electron chi connectivity index (χ2n) is 5.14. The number of ether oxygens (including phenoxy) is 1. The first kappa shape index (κ1) is 16.0. The van der Waals surface area contributed by atoms with Gasteiger partial charge in [-0.15, -0.1) is 0 Å². The molecule has 2 rings (SSSR count). The highest BCUT2D eigenvalue weighted by Crippen LogP contribution is 2.26. The van der Waals surface area contributed by atoms with E-state index >= 15 is 0 Å². The Morgan fingerprint density at radius 2 is 2.29 bits per heavy atom. The van der Waals surface area contributed by atoms with Crippen LogP contribution in [0.1, 0.15) is 25.3 Å². The molecule has 0 fully saturated rings. The van der Waals surface area contributed by atoms with Gasteiger partial charge in [-0.2, -0.15) is 0 Å². The Kier molecular flexibility index (Phi) is 6.26. The molecule has 0 aliphatic rings. The summed E-state index contributed by atoms with van der Waals surface area (Å²) in [6, 6.07) is 6.42. The van der Waals surface area contributed by atoms with Gasteiger partial charge in [-0.05, 0) is 52.9 Å². The molecule has 21 heavy (non-hydrogen) atoms. The number of nitrogens with zero attached hydrogens (tertiary/aromatic N) is 2. The van der Waals surface area contributed by atoms with Crippen molar-refractivity contribution in [1.82, 2.24) is 9.55 Å². The number of rotatable bonds is 8. The van der Waals surface area contributed by atoms with Gasteiger partial charge in [0, 0.05) is 25.0 Å². The van der Waals surface area contributed by atoms with Crippen LogP contribution in [0.25, 0.3) is 0 Å². The minimum Gasteiger partial charge on any atom is -0.492 e. The molecule has 0 aliphatic carbocycles. The van der Waals surface area contributed by atoms with Gasteiger partial charge in [0.25, 0.3) is 0 Å². The average molecular weight is 352 g/mol. The first-order valence-electron chi connectivity index (χ1n) is 7.31. The summed E-state index contributed by atoms with van der Waals surface area (Å²) in [6.07, 6.45) is 8.41. The van der Waals surface area contributed by atoms with E-state index in [0.717, 1.165) is 36.0 Å². The molecule has 0 spiro atoms. The van der Waals surface area contributed by atoms with Gasteiger partial charge in [0.1, 0.15) is 5.75 Å². The third-order valence-electron chi connectivity index (χ3n) is 3.40. The fourth-order valence-electron chi connectivity index (χ4n) is 2.08. The largest absolute Gasteiger partial charge is 0.492 e. The van der Waals surface area contributed by atoms with Crippen LogP contribution in [-0.4, -0.2) is 22.2 Å². The predicted molar refractivity (Wildman–Crippen MR) is 88.5 cm³/mol. The van der Waals surface area contributed by atoms with Crippen LogP contribution in [-0.2, 0) is 13.0 Å². The van der Waals surface area contributed by atoms with Crippen molar-refractivity contribution in [1.29, 1.82) is 0 Å². The van der Waals surface area contributed by atoms with Crippen molar-refractivity contribution >= 4 is 15.9 Å². The van der Waals surface area contributed by atoms with E-state index in [4.69, 9.17) is 10.5 Å². The summed E-state index contributed by atoms with van der Waals surface area (Å²) < 4.78 is 8.85. The maximum Gasteiger partial charge on any atom is 0.133 e. The van der Waals surface area contributed by atoms with Gasteiger partial charge in [-0.25, -0.2) is 4.98 Å². The van der Waals surface area contributed by atoms with Gasteiger partial charge in [0.2, 0.25) is 0 Å². The van der Waals surface area contributed by atoms with E-state index in [1.807, 2.05) is 23.2 Å². The fraction of sp³-hybridized carbons (Fsp3) is 0.438. The summed E-state index contributed by atoms with van der Waals surface area (Å²) in [7, 11) is 0. The molecule has 1 atom stereocenters. The molecular weight excluding hydrogens is 330 g/mol. The van der Waals surface area contributed by atoms with Crippen LogP contribution in [0.15, 0.2) is 41.4 Å². The highest BCUT2D eigenvalue weighted by atomic mass is 79.9. The van der Waals surface area contributed by atoms with Gasteiger partial charge in [-0.3, -0.25) is 0 Å². The van der Waals surface area contributed by atoms with Gasteiger partial charge in [0.05, 0.1) is 17.4 Å². The number of imidazole rings is 1. The number of hydrogen-bond acceptors (Lipinski definition) is 3. The molecule has 114 valence electrons. The zero-order chi connectivity index (χ0) is 15.1. The Morgan fingerprint density at radius 3 is 2.95 bits per heavy atom. The van der Waals surface area contributed by atoms with E-state index in [1.54, 1.807) is 6.20 Å². The number of benzene rings is 1. The molecule has 4 nitrogen and oxygen atoms in total. The van der Waals surface area contributed by atoms with Gasteiger partial charge < -0.3 is 15.0 Å². The second-order valence-corrected chi connectivity index (χ2v) is 5.99. The third-order valence-corrected chi connectivity index (χ3v) is 4.02. The lowest BCUT2D eigenvalue weighted by Crippen LogP contribution is -2.21. The molecule has 0 bridgehead atoms. The van der Waals surface area contributed by atoms with Crippen molar-refractivity contribution in [2.24, 2.45) is 5.73 Å². The lowest BCUT2D eigenvalue weighted by Gasteiger charge is -2.12. The molecule has 0 saturated heterocycles. The van der Waals surface area contributed by atoms with Gasteiger partial charge >= 0.3 is 0 Å². The van der Waals surface area contributed by atoms with E-state index in [2.05, 4.69) is 40.0 Å². The lowest BCUT2D eigenvalue weighted by atomic mass is 10.0. The minimum atomic E-state index is 0.221. The standard InChI is InChI=1S/C16H22BrN3O/c1-2-14(18)10-13-4-5-16(15(17)11-13)21-9-3-7-20-8-6-19-12-20/h4-6,8,11-12,14H,2-3,7,9-10,18H2,1H3. The van der Waals surface area contributed by atoms with Crippen molar-refractivity contribution in [2.75, 3.05) is 6.61 Å². The molecule has 2 aromatic rings. The van der Waals surface area contributed by atoms with Crippen molar-refractivity contribution in [3.8, 4) is 5.75 Å². The summed E-state index contributed by atoms with van der Waals surface area (Å²) in [4.78, 5) is 4.02. The molecule has 0 saturated carbocycles. The molecular formula is C16H22BrN3O. The Morgan fingerprint density at radius 1 is 1.43 bits per heavy atom. The maximum absolute atomic E-state index is 5.98. The second kappa shape index (κ2) is 8.20. The van der Waals surface area contributed by atoms with Crippen molar-refractivity contribution in [2.45, 2.75) is 38.8 Å². The van der Waals surface area contributed by atoms with Crippen LogP contribution < -0.4 is 10.5 Å². The first-order valence-corrected chi connectivity index (χ1v) is 8.11. The molecule has 2 N–H and O–H groups in total. The normalized spacial score (nSPS) is 12.3. The van der Waals surface area contributed by atoms with E-state index < -0.39 is 0 Å². The number of aromatic nitrogens is 2. The molecule has 1 aromatic heterocycles. The zero-order valence-corrected chi connectivity index (χ0v) is 13.9. The van der Waals surface area contributed by atoms with Crippen molar-refractivity contribution in [3.05, 3.63) is 47.0 Å². The quantitative estimate of drug-likeness (QED) is 0.741. The third kappa shape index (κ3) is 5.17. The van der Waals surface area contributed by atoms with E-state index in [9.17, 15) is 0 Å². The van der Waals surface area contributed by atoms with Crippen molar-refractivity contribution < 1.29 is 4.74 Å². The number of halogens is 1. The SMILES string of the molecule is CCC(N)Cc1ccc(OCCCn2ccnc2)c(Br)c1. The van der Waals surface area contributed by atoms with E-state index in [-0.39, 0.29) is 6.04 Å². The van der Waals surface area contributed by atoms with Crippen LogP contribution in [0, 0.1) is 0 Å². The summed E-state index contributed by atoms with van der Waals surface area (Å²) in [6.45, 7) is 3.71. The highest BCUT2D eigenvalue weighted by Gasteiger charge is 2.06. The molecule has 5 heteroatoms. The average Bonchev–Trinajstić information content (AvgIpc) is 2.98. The fourth-order valence-corrected chi connectivity index (χ4v) is 2.62. The van der Waals surface area contributed by atoms with Crippen LogP contribution in [0.3, 0.4) is 0 Å². The van der Waals surface area contributed by atoms with Crippen LogP contribution in [0.2, 0.25) is 0 Å². The Hall–Kier alpha value is -1.33. The topological polar surface area (TPSA) is 53.1 Å². The van der Waals surface area contributed by atoms with Crippen molar-refractivity contribution in [3.63, 3.8) is 0 Å². The summed E-state index contributed by atoms with van der Waals surface area (Å²) in [5, 5.41) is 0. The Balaban J connectivity index is 1.80. The highest BCUT2D eigenvalue weighted by molar-refractivity contribution is 9.10. The Bertz CT molecular complexity index is 542. The smallest absolute Gasteiger partial charge is 0.133 e. The first-order chi connectivity index (χ1) is 10.2. The van der Waals surface area contributed by atoms with Gasteiger partial charge in [-0.1, -0.05) is 13.0 Å². The van der Waals surface area contributed by atoms with Crippen LogP contribution >= 0.6 is 15.9 Å². The summed E-state index contributed by atoms with van der Waals surface area (Å²) in [5.74, 6) is 0.884. The summed E-state index contributed by atoms with van der Waals surface area (Å²) >= 11 is 3.57. The van der Waals surface area contributed by atoms with Crippen LogP contribution in [0.5, 0.6) is 5.75 Å². The lowest BCUT2D eigenvalue weighted by molar-refractivity contribution is 0.300. The summed E-state index contributed by atoms with van der Waals surface area (Å²) in [5.41, 5.74) is 7.22. The number of nitrogens with two attached hydrogens (primary N) is 1. The maximum atomic E-state index is 5.98. The monoisotopic (exact) mass is 351 g/mol. The van der Waals surface area contributed by atoms with E-state index in [0.29, 0.717) is 6.61 Å². The number of aryl methyl sites for hydroxylation is 1. The molecule has 0 amide bonds. The zero-order valence-electron chi connectivity index (χ0n) is 12.3.